The van der Waals surface area contributed by atoms with Crippen LogP contribution in [0.2, 0.25) is 5.15 Å². The average Bonchev–Trinajstić information content (AvgIpc) is 2.15. The van der Waals surface area contributed by atoms with Crippen molar-refractivity contribution in [3.8, 4) is 0 Å². The summed E-state index contributed by atoms with van der Waals surface area (Å²) < 4.78 is 26.4. The Kier molecular flexibility index (Phi) is 3.19. The highest BCUT2D eigenvalue weighted by Gasteiger charge is 2.29. The Balaban J connectivity index is 2.10. The molecule has 0 amide bonds. The van der Waals surface area contributed by atoms with Gasteiger partial charge in [0.2, 0.25) is 10.0 Å². The molecule has 1 saturated carbocycles. The van der Waals surface area contributed by atoms with Gasteiger partial charge in [0.1, 0.15) is 10.0 Å². The van der Waals surface area contributed by atoms with Crippen LogP contribution in [0.15, 0.2) is 23.2 Å². The quantitative estimate of drug-likeness (QED) is 0.844. The second-order valence-electron chi connectivity index (χ2n) is 4.21. The fourth-order valence-electron chi connectivity index (χ4n) is 1.81. The molecule has 2 rings (SSSR count). The zero-order valence-electron chi connectivity index (χ0n) is 8.85. The van der Waals surface area contributed by atoms with Crippen molar-refractivity contribution >= 4 is 21.6 Å². The van der Waals surface area contributed by atoms with Crippen LogP contribution in [0.5, 0.6) is 0 Å². The third-order valence-corrected chi connectivity index (χ3v) is 4.44. The predicted molar refractivity (Wildman–Crippen MR) is 61.8 cm³/mol. The molecule has 1 heterocycles. The van der Waals surface area contributed by atoms with E-state index >= 15 is 0 Å². The number of sulfonamides is 1. The molecule has 88 valence electrons. The maximum absolute atomic E-state index is 11.9. The zero-order chi connectivity index (χ0) is 11.8. The standard InChI is InChI=1S/C10H13ClN2O2S/c1-7-4-8(5-7)13-16(14,15)9-2-3-10(11)12-6-9/h2-3,6-8,13H,4-5H2,1H3. The lowest BCUT2D eigenvalue weighted by Crippen LogP contribution is -2.43. The summed E-state index contributed by atoms with van der Waals surface area (Å²) in [5.74, 6) is 0.607. The summed E-state index contributed by atoms with van der Waals surface area (Å²) in [5.41, 5.74) is 0. The smallest absolute Gasteiger partial charge is 0.242 e. The molecule has 1 aliphatic rings. The molecule has 0 unspecified atom stereocenters. The van der Waals surface area contributed by atoms with Crippen molar-refractivity contribution in [2.24, 2.45) is 5.92 Å². The Morgan fingerprint density at radius 3 is 2.62 bits per heavy atom. The Bertz CT molecular complexity index is 466. The van der Waals surface area contributed by atoms with Crippen molar-refractivity contribution < 1.29 is 8.42 Å². The minimum atomic E-state index is -3.43. The summed E-state index contributed by atoms with van der Waals surface area (Å²) in [5, 5.41) is 0.288. The first-order chi connectivity index (χ1) is 7.47. The number of hydrogen-bond donors (Lipinski definition) is 1. The number of pyridine rings is 1. The van der Waals surface area contributed by atoms with Gasteiger partial charge in [-0.15, -0.1) is 0 Å². The Labute approximate surface area is 100 Å². The zero-order valence-corrected chi connectivity index (χ0v) is 10.4. The minimum absolute atomic E-state index is 0.0654. The second kappa shape index (κ2) is 4.31. The molecule has 16 heavy (non-hydrogen) atoms. The van der Waals surface area contributed by atoms with Crippen LogP contribution in [-0.4, -0.2) is 19.4 Å². The SMILES string of the molecule is CC1CC(NS(=O)(=O)c2ccc(Cl)nc2)C1. The third kappa shape index (κ3) is 2.53. The molecule has 1 N–H and O–H groups in total. The maximum Gasteiger partial charge on any atom is 0.242 e. The highest BCUT2D eigenvalue weighted by Crippen LogP contribution is 2.27. The lowest BCUT2D eigenvalue weighted by molar-refractivity contribution is 0.270. The van der Waals surface area contributed by atoms with Gasteiger partial charge >= 0.3 is 0 Å². The Morgan fingerprint density at radius 1 is 1.44 bits per heavy atom. The van der Waals surface area contributed by atoms with Crippen molar-refractivity contribution in [1.29, 1.82) is 0 Å². The minimum Gasteiger partial charge on any atom is -0.243 e. The van der Waals surface area contributed by atoms with Crippen molar-refractivity contribution in [3.63, 3.8) is 0 Å². The number of aromatic nitrogens is 1. The second-order valence-corrected chi connectivity index (χ2v) is 6.31. The first-order valence-electron chi connectivity index (χ1n) is 5.11. The highest BCUT2D eigenvalue weighted by molar-refractivity contribution is 7.89. The lowest BCUT2D eigenvalue weighted by atomic mass is 9.83. The van der Waals surface area contributed by atoms with Gasteiger partial charge in [-0.1, -0.05) is 18.5 Å². The molecule has 4 nitrogen and oxygen atoms in total. The topological polar surface area (TPSA) is 59.1 Å². The van der Waals surface area contributed by atoms with E-state index < -0.39 is 10.0 Å². The molecule has 0 radical (unpaired) electrons. The summed E-state index contributed by atoms with van der Waals surface area (Å²) in [6.07, 6.45) is 3.08. The summed E-state index contributed by atoms with van der Waals surface area (Å²) in [7, 11) is -3.43. The van der Waals surface area contributed by atoms with Gasteiger partial charge in [0.25, 0.3) is 0 Å². The first kappa shape index (κ1) is 11.8. The largest absolute Gasteiger partial charge is 0.243 e. The van der Waals surface area contributed by atoms with Crippen LogP contribution in [0, 0.1) is 5.92 Å². The molecule has 0 saturated heterocycles. The third-order valence-electron chi connectivity index (χ3n) is 2.71. The van der Waals surface area contributed by atoms with E-state index in [-0.39, 0.29) is 16.1 Å². The maximum atomic E-state index is 11.9. The number of nitrogens with one attached hydrogen (secondary N) is 1. The van der Waals surface area contributed by atoms with Crippen LogP contribution in [0.4, 0.5) is 0 Å². The van der Waals surface area contributed by atoms with Gasteiger partial charge in [-0.3, -0.25) is 0 Å². The Hall–Kier alpha value is -0.650. The van der Waals surface area contributed by atoms with E-state index in [0.29, 0.717) is 5.92 Å². The lowest BCUT2D eigenvalue weighted by Gasteiger charge is -2.32. The van der Waals surface area contributed by atoms with E-state index in [1.54, 1.807) is 0 Å². The van der Waals surface area contributed by atoms with Crippen LogP contribution in [0.25, 0.3) is 0 Å². The van der Waals surface area contributed by atoms with Gasteiger partial charge in [-0.2, -0.15) is 0 Å². The molecule has 6 heteroatoms. The molecule has 1 fully saturated rings. The molecule has 0 bridgehead atoms. The fourth-order valence-corrected chi connectivity index (χ4v) is 3.13. The van der Waals surface area contributed by atoms with Crippen LogP contribution >= 0.6 is 11.6 Å². The van der Waals surface area contributed by atoms with E-state index in [2.05, 4.69) is 16.6 Å². The van der Waals surface area contributed by atoms with E-state index in [9.17, 15) is 8.42 Å². The van der Waals surface area contributed by atoms with E-state index in [0.717, 1.165) is 12.8 Å². The predicted octanol–water partition coefficient (Wildman–Crippen LogP) is 1.81. The van der Waals surface area contributed by atoms with Gasteiger partial charge in [-0.25, -0.2) is 18.1 Å². The van der Waals surface area contributed by atoms with Crippen molar-refractivity contribution in [3.05, 3.63) is 23.5 Å². The number of nitrogens with zero attached hydrogens (tertiary/aromatic N) is 1. The van der Waals surface area contributed by atoms with E-state index in [1.807, 2.05) is 0 Å². The fraction of sp³-hybridized carbons (Fsp3) is 0.500. The van der Waals surface area contributed by atoms with E-state index in [4.69, 9.17) is 11.6 Å². The molecule has 0 aromatic carbocycles. The molecule has 1 aromatic heterocycles. The van der Waals surface area contributed by atoms with Crippen LogP contribution < -0.4 is 4.72 Å². The van der Waals surface area contributed by atoms with Gasteiger partial charge < -0.3 is 0 Å². The average molecular weight is 261 g/mol. The van der Waals surface area contributed by atoms with E-state index in [1.165, 1.54) is 18.3 Å². The van der Waals surface area contributed by atoms with Crippen LogP contribution in [-0.2, 0) is 10.0 Å². The molecule has 1 aliphatic carbocycles. The molecule has 0 atom stereocenters. The molecule has 0 spiro atoms. The summed E-state index contributed by atoms with van der Waals surface area (Å²) >= 11 is 5.60. The highest BCUT2D eigenvalue weighted by atomic mass is 35.5. The Morgan fingerprint density at radius 2 is 2.12 bits per heavy atom. The number of hydrogen-bond acceptors (Lipinski definition) is 3. The monoisotopic (exact) mass is 260 g/mol. The van der Waals surface area contributed by atoms with Crippen molar-refractivity contribution in [2.75, 3.05) is 0 Å². The molecular weight excluding hydrogens is 248 g/mol. The summed E-state index contributed by atoms with van der Waals surface area (Å²) in [6, 6.07) is 3.00. The van der Waals surface area contributed by atoms with Crippen molar-refractivity contribution in [2.45, 2.75) is 30.7 Å². The van der Waals surface area contributed by atoms with Crippen LogP contribution in [0.1, 0.15) is 19.8 Å². The summed E-state index contributed by atoms with van der Waals surface area (Å²) in [4.78, 5) is 3.92. The molecule has 0 aliphatic heterocycles. The normalized spacial score (nSPS) is 25.1. The van der Waals surface area contributed by atoms with Gasteiger partial charge in [0.15, 0.2) is 0 Å². The first-order valence-corrected chi connectivity index (χ1v) is 6.97. The van der Waals surface area contributed by atoms with Gasteiger partial charge in [-0.05, 0) is 30.9 Å². The van der Waals surface area contributed by atoms with Gasteiger partial charge in [0, 0.05) is 12.2 Å². The molecule has 1 aromatic rings. The van der Waals surface area contributed by atoms with Crippen molar-refractivity contribution in [1.82, 2.24) is 9.71 Å². The number of halogens is 1. The van der Waals surface area contributed by atoms with Crippen LogP contribution in [0.3, 0.4) is 0 Å². The van der Waals surface area contributed by atoms with Gasteiger partial charge in [0.05, 0.1) is 0 Å². The summed E-state index contributed by atoms with van der Waals surface area (Å²) in [6.45, 7) is 2.11. The number of rotatable bonds is 3. The molecular formula is C10H13ClN2O2S.